The third-order valence-electron chi connectivity index (χ3n) is 3.51. The van der Waals surface area contributed by atoms with Crippen LogP contribution in [0, 0.1) is 11.8 Å². The maximum absolute atomic E-state index is 6.40. The topological polar surface area (TPSA) is 39.4 Å². The number of oxime groups is 1. The number of hydrogen-bond donors (Lipinski definition) is 0. The molecular formula is C20H16ClN3O. The molecule has 0 fully saturated rings. The lowest BCUT2D eigenvalue weighted by Crippen LogP contribution is -2.11. The second kappa shape index (κ2) is 8.18. The fourth-order valence-corrected chi connectivity index (χ4v) is 2.52. The summed E-state index contributed by atoms with van der Waals surface area (Å²) in [5, 5.41) is 4.69. The molecule has 3 aromatic rings. The number of aromatic nitrogens is 2. The number of hydrogen-bond acceptors (Lipinski definition) is 3. The largest absolute Gasteiger partial charge is 0.399 e. The molecule has 2 aromatic carbocycles. The molecule has 0 aliphatic rings. The Hall–Kier alpha value is -3.03. The lowest BCUT2D eigenvalue weighted by molar-refractivity contribution is 0.212. The first-order valence-electron chi connectivity index (χ1n) is 7.69. The number of halogens is 1. The van der Waals surface area contributed by atoms with E-state index in [1.165, 1.54) is 7.11 Å². The molecule has 0 atom stereocenters. The van der Waals surface area contributed by atoms with Crippen molar-refractivity contribution in [3.05, 3.63) is 89.0 Å². The molecule has 0 radical (unpaired) electrons. The van der Waals surface area contributed by atoms with Gasteiger partial charge in [-0.1, -0.05) is 52.9 Å². The Morgan fingerprint density at radius 2 is 2.04 bits per heavy atom. The lowest BCUT2D eigenvalue weighted by atomic mass is 10.1. The fourth-order valence-electron chi connectivity index (χ4n) is 2.29. The van der Waals surface area contributed by atoms with Crippen LogP contribution in [0.25, 0.3) is 0 Å². The second-order valence-corrected chi connectivity index (χ2v) is 5.67. The molecule has 124 valence electrons. The molecule has 0 aliphatic carbocycles. The summed E-state index contributed by atoms with van der Waals surface area (Å²) in [4.78, 5) is 9.00. The van der Waals surface area contributed by atoms with E-state index in [-0.39, 0.29) is 0 Å². The van der Waals surface area contributed by atoms with Crippen LogP contribution in [0.15, 0.2) is 72.4 Å². The van der Waals surface area contributed by atoms with E-state index in [1.54, 1.807) is 12.5 Å². The first-order valence-corrected chi connectivity index (χ1v) is 8.07. The van der Waals surface area contributed by atoms with Crippen LogP contribution in [-0.2, 0) is 11.4 Å². The smallest absolute Gasteiger partial charge is 0.107 e. The first kappa shape index (κ1) is 16.8. The average Bonchev–Trinajstić information content (AvgIpc) is 3.14. The number of benzene rings is 2. The minimum absolute atomic E-state index is 0.541. The van der Waals surface area contributed by atoms with Crippen molar-refractivity contribution in [2.75, 3.05) is 7.11 Å². The molecule has 0 saturated carbocycles. The van der Waals surface area contributed by atoms with Crippen molar-refractivity contribution in [1.29, 1.82) is 0 Å². The van der Waals surface area contributed by atoms with E-state index in [0.29, 0.717) is 11.6 Å². The highest BCUT2D eigenvalue weighted by Crippen LogP contribution is 2.18. The highest BCUT2D eigenvalue weighted by molar-refractivity contribution is 6.32. The van der Waals surface area contributed by atoms with Gasteiger partial charge in [0.25, 0.3) is 0 Å². The van der Waals surface area contributed by atoms with Gasteiger partial charge in [-0.2, -0.15) is 0 Å². The SMILES string of the molecule is CO/N=C(\Cn1ccnc1)c1ccc(C#Cc2ccccc2)c(Cl)c1. The zero-order valence-electron chi connectivity index (χ0n) is 13.7. The molecule has 3 rings (SSSR count). The molecule has 0 spiro atoms. The van der Waals surface area contributed by atoms with Crippen molar-refractivity contribution >= 4 is 17.3 Å². The van der Waals surface area contributed by atoms with E-state index in [2.05, 4.69) is 22.0 Å². The van der Waals surface area contributed by atoms with Crippen LogP contribution in [0.5, 0.6) is 0 Å². The Balaban J connectivity index is 1.85. The standard InChI is InChI=1S/C20H16ClN3O/c1-25-23-20(14-24-12-11-22-15-24)18-10-9-17(19(21)13-18)8-7-16-5-3-2-4-6-16/h2-6,9-13,15H,14H2,1H3/b23-20+. The van der Waals surface area contributed by atoms with E-state index in [9.17, 15) is 0 Å². The van der Waals surface area contributed by atoms with Gasteiger partial charge in [0.1, 0.15) is 12.8 Å². The summed E-state index contributed by atoms with van der Waals surface area (Å²) in [6, 6.07) is 15.5. The van der Waals surface area contributed by atoms with Gasteiger partial charge < -0.3 is 9.40 Å². The van der Waals surface area contributed by atoms with Crippen LogP contribution in [0.4, 0.5) is 0 Å². The maximum atomic E-state index is 6.40. The van der Waals surface area contributed by atoms with Crippen LogP contribution >= 0.6 is 11.6 Å². The zero-order valence-corrected chi connectivity index (χ0v) is 14.4. The van der Waals surface area contributed by atoms with Gasteiger partial charge in [-0.15, -0.1) is 0 Å². The van der Waals surface area contributed by atoms with Gasteiger partial charge in [0, 0.05) is 29.1 Å². The quantitative estimate of drug-likeness (QED) is 0.406. The summed E-state index contributed by atoms with van der Waals surface area (Å²) >= 11 is 6.40. The van der Waals surface area contributed by atoms with Crippen LogP contribution in [0.1, 0.15) is 16.7 Å². The van der Waals surface area contributed by atoms with Gasteiger partial charge in [-0.05, 0) is 24.3 Å². The molecule has 5 heteroatoms. The predicted octanol–water partition coefficient (Wildman–Crippen LogP) is 3.99. The van der Waals surface area contributed by atoms with Crippen LogP contribution in [0.3, 0.4) is 0 Å². The minimum Gasteiger partial charge on any atom is -0.399 e. The normalized spacial score (nSPS) is 10.9. The molecule has 4 nitrogen and oxygen atoms in total. The summed E-state index contributed by atoms with van der Waals surface area (Å²) in [7, 11) is 1.52. The molecule has 0 N–H and O–H groups in total. The number of nitrogens with zero attached hydrogens (tertiary/aromatic N) is 3. The van der Waals surface area contributed by atoms with Gasteiger partial charge in [0.2, 0.25) is 0 Å². The summed E-state index contributed by atoms with van der Waals surface area (Å²) < 4.78 is 1.91. The van der Waals surface area contributed by atoms with Crippen LogP contribution in [0.2, 0.25) is 5.02 Å². The molecule has 0 bridgehead atoms. The van der Waals surface area contributed by atoms with Crippen LogP contribution < -0.4 is 0 Å². The molecule has 0 amide bonds. The Labute approximate surface area is 151 Å². The Kier molecular flexibility index (Phi) is 5.50. The number of rotatable bonds is 4. The van der Waals surface area contributed by atoms with Gasteiger partial charge in [0.15, 0.2) is 0 Å². The van der Waals surface area contributed by atoms with E-state index in [4.69, 9.17) is 16.4 Å². The summed E-state index contributed by atoms with van der Waals surface area (Å²) in [6.45, 7) is 0.541. The molecule has 0 saturated heterocycles. The maximum Gasteiger partial charge on any atom is 0.107 e. The molecule has 25 heavy (non-hydrogen) atoms. The van der Waals surface area contributed by atoms with E-state index in [0.717, 1.165) is 22.4 Å². The molecule has 0 unspecified atom stereocenters. The van der Waals surface area contributed by atoms with Gasteiger partial charge in [-0.3, -0.25) is 0 Å². The molecule has 1 aromatic heterocycles. The predicted molar refractivity (Wildman–Crippen MR) is 99.6 cm³/mol. The van der Waals surface area contributed by atoms with Crippen molar-refractivity contribution in [2.45, 2.75) is 6.54 Å². The average molecular weight is 350 g/mol. The van der Waals surface area contributed by atoms with E-state index in [1.807, 2.05) is 59.3 Å². The summed E-state index contributed by atoms with van der Waals surface area (Å²) in [5.41, 5.74) is 3.36. The van der Waals surface area contributed by atoms with Gasteiger partial charge >= 0.3 is 0 Å². The number of imidazole rings is 1. The molecule has 0 aliphatic heterocycles. The zero-order chi connectivity index (χ0) is 17.5. The Morgan fingerprint density at radius 3 is 2.72 bits per heavy atom. The van der Waals surface area contributed by atoms with E-state index < -0.39 is 0 Å². The Bertz CT molecular complexity index is 923. The second-order valence-electron chi connectivity index (χ2n) is 5.27. The molecular weight excluding hydrogens is 334 g/mol. The monoisotopic (exact) mass is 349 g/mol. The van der Waals surface area contributed by atoms with Crippen molar-refractivity contribution in [2.24, 2.45) is 5.16 Å². The first-order chi connectivity index (χ1) is 12.3. The highest BCUT2D eigenvalue weighted by Gasteiger charge is 2.08. The minimum atomic E-state index is 0.541. The lowest BCUT2D eigenvalue weighted by Gasteiger charge is -2.08. The van der Waals surface area contributed by atoms with Gasteiger partial charge in [0.05, 0.1) is 17.9 Å². The van der Waals surface area contributed by atoms with E-state index >= 15 is 0 Å². The van der Waals surface area contributed by atoms with Crippen molar-refractivity contribution in [3.63, 3.8) is 0 Å². The van der Waals surface area contributed by atoms with Crippen LogP contribution in [-0.4, -0.2) is 22.4 Å². The summed E-state index contributed by atoms with van der Waals surface area (Å²) in [6.07, 6.45) is 5.32. The fraction of sp³-hybridized carbons (Fsp3) is 0.100. The Morgan fingerprint density at radius 1 is 1.20 bits per heavy atom. The third kappa shape index (κ3) is 4.50. The molecule has 1 heterocycles. The van der Waals surface area contributed by atoms with Crippen molar-refractivity contribution < 1.29 is 4.84 Å². The van der Waals surface area contributed by atoms with Crippen molar-refractivity contribution in [1.82, 2.24) is 9.55 Å². The van der Waals surface area contributed by atoms with Gasteiger partial charge in [-0.25, -0.2) is 4.98 Å². The summed E-state index contributed by atoms with van der Waals surface area (Å²) in [5.74, 6) is 6.21. The van der Waals surface area contributed by atoms with Crippen molar-refractivity contribution in [3.8, 4) is 11.8 Å². The third-order valence-corrected chi connectivity index (χ3v) is 3.82. The highest BCUT2D eigenvalue weighted by atomic mass is 35.5.